The summed E-state index contributed by atoms with van der Waals surface area (Å²) in [6.45, 7) is 0. The molecule has 0 aliphatic carbocycles. The minimum Gasteiger partial charge on any atom is -0.224 e. The van der Waals surface area contributed by atoms with E-state index in [1.54, 1.807) is 0 Å². The van der Waals surface area contributed by atoms with Crippen LogP contribution in [0, 0.1) is 0 Å². The molecule has 0 fully saturated rings. The molecule has 5 nitrogen and oxygen atoms in total. The van der Waals surface area contributed by atoms with Gasteiger partial charge in [0.15, 0.2) is 9.84 Å². The van der Waals surface area contributed by atoms with Crippen LogP contribution >= 0.6 is 10.3 Å². The van der Waals surface area contributed by atoms with Gasteiger partial charge in [-0.1, -0.05) is 12.1 Å². The molecule has 0 spiro atoms. The fraction of sp³-hybridized carbons (Fsp3) is 0.571. The minimum atomic E-state index is -7.39. The van der Waals surface area contributed by atoms with Crippen LogP contribution in [0.5, 0.6) is 0 Å². The van der Waals surface area contributed by atoms with E-state index in [4.69, 9.17) is 0 Å². The second-order valence-corrected chi connectivity index (χ2v) is 13.8. The molecule has 0 aliphatic heterocycles. The molecule has 0 N–H and O–H groups in total. The highest BCUT2D eigenvalue weighted by atomic mass is 32.3. The van der Waals surface area contributed by atoms with Crippen LogP contribution in [0.15, 0.2) is 29.2 Å². The summed E-state index contributed by atoms with van der Waals surface area (Å²) in [7, 11) is -14.0. The van der Waals surface area contributed by atoms with E-state index in [1.807, 2.05) is 0 Å². The van der Waals surface area contributed by atoms with Gasteiger partial charge in [0.1, 0.15) is 0 Å². The van der Waals surface area contributed by atoms with Gasteiger partial charge in [-0.3, -0.25) is 0 Å². The third-order valence-corrected chi connectivity index (χ3v) is 8.80. The molecule has 0 unspecified atom stereocenters. The lowest BCUT2D eigenvalue weighted by molar-refractivity contribution is -0.382. The van der Waals surface area contributed by atoms with Crippen molar-refractivity contribution in [1.82, 2.24) is 0 Å². The van der Waals surface area contributed by atoms with Crippen molar-refractivity contribution in [1.29, 1.82) is 0 Å². The smallest absolute Gasteiger partial charge is 0.224 e. The van der Waals surface area contributed by atoms with Gasteiger partial charge in [-0.2, -0.15) is 47.9 Å². The van der Waals surface area contributed by atoms with Crippen molar-refractivity contribution >= 4 is 30.3 Å². The molecule has 1 rings (SSSR count). The molecule has 0 heterocycles. The zero-order valence-electron chi connectivity index (χ0n) is 15.7. The summed E-state index contributed by atoms with van der Waals surface area (Å²) in [6.07, 6.45) is -4.64. The van der Waals surface area contributed by atoms with Gasteiger partial charge < -0.3 is 0 Å². The molecule has 0 atom stereocenters. The lowest BCUT2D eigenvalue weighted by Crippen LogP contribution is -2.63. The van der Waals surface area contributed by atoms with Crippen molar-refractivity contribution in [3.63, 3.8) is 0 Å². The van der Waals surface area contributed by atoms with Crippen LogP contribution in [-0.2, 0) is 29.3 Å². The standard InChI is InChI=1S/C14H15F9O5S3/c1-29(2,8-9-4-6-10(7-5-9)30(3,24)25)28-31(26,27)14(22,23)12(17,18)11(15,16)13(19,20)21/h4-7H,8H2,1-3H3. The topological polar surface area (TPSA) is 77.5 Å². The van der Waals surface area contributed by atoms with Crippen LogP contribution in [-0.4, -0.2) is 58.9 Å². The lowest BCUT2D eigenvalue weighted by atomic mass is 10.1. The Morgan fingerprint density at radius 1 is 0.742 bits per heavy atom. The van der Waals surface area contributed by atoms with Crippen molar-refractivity contribution in [2.24, 2.45) is 0 Å². The first-order valence-electron chi connectivity index (χ1n) is 7.55. The third-order valence-electron chi connectivity index (χ3n) is 3.57. The average molecular weight is 530 g/mol. The normalized spacial score (nSPS) is 15.7. The lowest BCUT2D eigenvalue weighted by Gasteiger charge is -2.36. The highest BCUT2D eigenvalue weighted by molar-refractivity contribution is 8.31. The SMILES string of the molecule is CS(C)(Cc1ccc(S(C)(=O)=O)cc1)OS(=O)(=O)C(F)(F)C(F)(F)C(F)(F)C(F)(F)F. The molecule has 1 aromatic rings. The third kappa shape index (κ3) is 5.42. The first-order valence-corrected chi connectivity index (χ1v) is 13.4. The Morgan fingerprint density at radius 2 is 1.16 bits per heavy atom. The quantitative estimate of drug-likeness (QED) is 0.468. The molecule has 1 aromatic carbocycles. The maximum absolute atomic E-state index is 13.8. The van der Waals surface area contributed by atoms with E-state index in [1.165, 1.54) is 0 Å². The van der Waals surface area contributed by atoms with Crippen LogP contribution in [0.4, 0.5) is 39.5 Å². The molecular weight excluding hydrogens is 515 g/mol. The number of halogens is 9. The second kappa shape index (κ2) is 7.98. The Morgan fingerprint density at radius 3 is 1.52 bits per heavy atom. The molecule has 31 heavy (non-hydrogen) atoms. The first kappa shape index (κ1) is 27.8. The molecular formula is C14H15F9O5S3. The summed E-state index contributed by atoms with van der Waals surface area (Å²) in [5.74, 6) is -15.3. The summed E-state index contributed by atoms with van der Waals surface area (Å²) in [5.41, 5.74) is 0.0818. The summed E-state index contributed by atoms with van der Waals surface area (Å²) in [6, 6.07) is 4.35. The number of rotatable bonds is 8. The van der Waals surface area contributed by atoms with E-state index in [2.05, 4.69) is 3.63 Å². The predicted molar refractivity (Wildman–Crippen MR) is 93.6 cm³/mol. The van der Waals surface area contributed by atoms with E-state index in [-0.39, 0.29) is 10.5 Å². The highest BCUT2D eigenvalue weighted by Crippen LogP contribution is 2.57. The van der Waals surface area contributed by atoms with E-state index in [0.717, 1.165) is 43.0 Å². The number of hydrogen-bond acceptors (Lipinski definition) is 5. The van der Waals surface area contributed by atoms with Crippen LogP contribution in [0.1, 0.15) is 5.56 Å². The number of sulfone groups is 1. The summed E-state index contributed by atoms with van der Waals surface area (Å²) < 4.78 is 167. The summed E-state index contributed by atoms with van der Waals surface area (Å²) in [5, 5.41) is -6.94. The van der Waals surface area contributed by atoms with Crippen molar-refractivity contribution in [2.75, 3.05) is 18.8 Å². The molecule has 0 saturated heterocycles. The van der Waals surface area contributed by atoms with Gasteiger partial charge in [0.25, 0.3) is 0 Å². The van der Waals surface area contributed by atoms with Crippen LogP contribution in [0.2, 0.25) is 0 Å². The van der Waals surface area contributed by atoms with Crippen molar-refractivity contribution < 1.29 is 60.0 Å². The van der Waals surface area contributed by atoms with Crippen LogP contribution in [0.25, 0.3) is 0 Å². The fourth-order valence-electron chi connectivity index (χ4n) is 2.06. The van der Waals surface area contributed by atoms with Crippen LogP contribution < -0.4 is 0 Å². The van der Waals surface area contributed by atoms with Gasteiger partial charge in [-0.25, -0.2) is 12.0 Å². The molecule has 0 aromatic heterocycles. The van der Waals surface area contributed by atoms with E-state index in [9.17, 15) is 56.3 Å². The maximum Gasteiger partial charge on any atom is 0.460 e. The van der Waals surface area contributed by atoms with Gasteiger partial charge in [0.05, 0.1) is 4.90 Å². The second-order valence-electron chi connectivity index (χ2n) is 6.68. The number of hydrogen-bond donors (Lipinski definition) is 0. The predicted octanol–water partition coefficient (Wildman–Crippen LogP) is 4.34. The molecule has 17 heteroatoms. The Hall–Kier alpha value is -1.20. The van der Waals surface area contributed by atoms with Crippen LogP contribution in [0.3, 0.4) is 0 Å². The molecule has 0 bridgehead atoms. The molecule has 0 aliphatic rings. The first-order chi connectivity index (χ1) is 13.4. The monoisotopic (exact) mass is 530 g/mol. The summed E-state index contributed by atoms with van der Waals surface area (Å²) in [4.78, 5) is -0.168. The van der Waals surface area contributed by atoms with Gasteiger partial charge in [-0.05, 0) is 30.2 Å². The molecule has 182 valence electrons. The fourth-order valence-corrected chi connectivity index (χ4v) is 6.60. The molecule has 0 radical (unpaired) electrons. The van der Waals surface area contributed by atoms with Gasteiger partial charge in [0, 0.05) is 12.0 Å². The van der Waals surface area contributed by atoms with Crippen molar-refractivity contribution in [2.45, 2.75) is 33.9 Å². The van der Waals surface area contributed by atoms with Gasteiger partial charge in [0.2, 0.25) is 0 Å². The van der Waals surface area contributed by atoms with Crippen molar-refractivity contribution in [3.8, 4) is 0 Å². The Bertz CT molecular complexity index is 1010. The summed E-state index contributed by atoms with van der Waals surface area (Å²) >= 11 is 0. The number of benzene rings is 1. The Balaban J connectivity index is 3.24. The van der Waals surface area contributed by atoms with E-state index < -0.39 is 59.3 Å². The van der Waals surface area contributed by atoms with E-state index in [0.29, 0.717) is 0 Å². The Kier molecular flexibility index (Phi) is 7.17. The molecule has 0 amide bonds. The average Bonchev–Trinajstić information content (AvgIpc) is 2.51. The van der Waals surface area contributed by atoms with Gasteiger partial charge >= 0.3 is 33.4 Å². The maximum atomic E-state index is 13.8. The zero-order valence-corrected chi connectivity index (χ0v) is 18.1. The van der Waals surface area contributed by atoms with Crippen molar-refractivity contribution in [3.05, 3.63) is 29.8 Å². The zero-order chi connectivity index (χ0) is 24.9. The minimum absolute atomic E-state index is 0.0818. The largest absolute Gasteiger partial charge is 0.460 e. The highest BCUT2D eigenvalue weighted by Gasteiger charge is 2.86. The Labute approximate surface area is 173 Å². The number of alkyl halides is 9. The molecule has 0 saturated carbocycles. The van der Waals surface area contributed by atoms with Gasteiger partial charge in [-0.15, -0.1) is 10.3 Å². The van der Waals surface area contributed by atoms with E-state index >= 15 is 0 Å².